The Bertz CT molecular complexity index is 406. The monoisotopic (exact) mass is 234 g/mol. The summed E-state index contributed by atoms with van der Waals surface area (Å²) in [6.45, 7) is 5.46. The molecule has 1 aromatic rings. The number of rotatable bonds is 4. The second-order valence-corrected chi connectivity index (χ2v) is 4.34. The highest BCUT2D eigenvalue weighted by Crippen LogP contribution is 2.22. The fraction of sp³-hybridized carbons (Fsp3) is 0.538. The molecule has 0 aliphatic carbocycles. The highest BCUT2D eigenvalue weighted by Gasteiger charge is 2.30. The van der Waals surface area contributed by atoms with Crippen LogP contribution in [-0.2, 0) is 0 Å². The minimum Gasteiger partial charge on any atom is -0.492 e. The van der Waals surface area contributed by atoms with Gasteiger partial charge in [-0.3, -0.25) is 9.78 Å². The third-order valence-corrected chi connectivity index (χ3v) is 3.17. The zero-order valence-electron chi connectivity index (χ0n) is 10.3. The standard InChI is InChI=1S/C13H18N2O2/c1-3-17-11-6-10(7-14-8-11)13(16)12-4-5-15-9(12)2/h6-9,12,15H,3-5H2,1-2H3. The van der Waals surface area contributed by atoms with E-state index in [9.17, 15) is 4.79 Å². The van der Waals surface area contributed by atoms with Crippen molar-refractivity contribution < 1.29 is 9.53 Å². The quantitative estimate of drug-likeness (QED) is 0.805. The number of pyridine rings is 1. The lowest BCUT2D eigenvalue weighted by Gasteiger charge is -2.13. The summed E-state index contributed by atoms with van der Waals surface area (Å²) in [5, 5.41) is 3.29. The van der Waals surface area contributed by atoms with Crippen LogP contribution in [0.25, 0.3) is 0 Å². The van der Waals surface area contributed by atoms with Crippen LogP contribution in [0.2, 0.25) is 0 Å². The maximum atomic E-state index is 12.3. The van der Waals surface area contributed by atoms with Gasteiger partial charge in [-0.25, -0.2) is 0 Å². The Morgan fingerprint density at radius 2 is 2.41 bits per heavy atom. The van der Waals surface area contributed by atoms with Crippen LogP contribution in [0.15, 0.2) is 18.5 Å². The van der Waals surface area contributed by atoms with Gasteiger partial charge in [-0.15, -0.1) is 0 Å². The molecule has 0 spiro atoms. The SMILES string of the molecule is CCOc1cncc(C(=O)C2CCNC2C)c1. The molecule has 1 aliphatic rings. The van der Waals surface area contributed by atoms with Crippen molar-refractivity contribution in [3.05, 3.63) is 24.0 Å². The van der Waals surface area contributed by atoms with Crippen molar-refractivity contribution in [1.29, 1.82) is 0 Å². The maximum absolute atomic E-state index is 12.3. The highest BCUT2D eigenvalue weighted by molar-refractivity contribution is 5.98. The molecule has 1 aromatic heterocycles. The molecule has 1 saturated heterocycles. The normalized spacial score (nSPS) is 23.6. The number of nitrogens with one attached hydrogen (secondary N) is 1. The summed E-state index contributed by atoms with van der Waals surface area (Å²) >= 11 is 0. The first kappa shape index (κ1) is 12.0. The second kappa shape index (κ2) is 5.27. The molecule has 17 heavy (non-hydrogen) atoms. The molecule has 0 bridgehead atoms. The van der Waals surface area contributed by atoms with Gasteiger partial charge in [0.15, 0.2) is 5.78 Å². The molecule has 2 rings (SSSR count). The molecule has 0 aromatic carbocycles. The van der Waals surface area contributed by atoms with E-state index in [0.717, 1.165) is 13.0 Å². The number of nitrogens with zero attached hydrogens (tertiary/aromatic N) is 1. The fourth-order valence-electron chi connectivity index (χ4n) is 2.23. The number of ether oxygens (including phenoxy) is 1. The molecule has 2 atom stereocenters. The van der Waals surface area contributed by atoms with Gasteiger partial charge in [0, 0.05) is 23.7 Å². The smallest absolute Gasteiger partial charge is 0.169 e. The molecule has 4 heteroatoms. The van der Waals surface area contributed by atoms with Crippen molar-refractivity contribution in [3.8, 4) is 5.75 Å². The van der Waals surface area contributed by atoms with E-state index in [1.165, 1.54) is 0 Å². The number of aromatic nitrogens is 1. The molecule has 92 valence electrons. The summed E-state index contributed by atoms with van der Waals surface area (Å²) in [6.07, 6.45) is 4.16. The Balaban J connectivity index is 2.15. The van der Waals surface area contributed by atoms with Crippen LogP contribution in [0.1, 0.15) is 30.6 Å². The van der Waals surface area contributed by atoms with E-state index in [4.69, 9.17) is 4.74 Å². The molecule has 2 unspecified atom stereocenters. The predicted molar refractivity (Wildman–Crippen MR) is 65.3 cm³/mol. The lowest BCUT2D eigenvalue weighted by molar-refractivity contribution is 0.0913. The third kappa shape index (κ3) is 2.64. The van der Waals surface area contributed by atoms with Crippen LogP contribution in [0.4, 0.5) is 0 Å². The van der Waals surface area contributed by atoms with Gasteiger partial charge < -0.3 is 10.1 Å². The number of carbonyl (C=O) groups is 1. The molecule has 0 amide bonds. The van der Waals surface area contributed by atoms with Crippen molar-refractivity contribution in [2.75, 3.05) is 13.2 Å². The number of hydrogen-bond acceptors (Lipinski definition) is 4. The molecular weight excluding hydrogens is 216 g/mol. The van der Waals surface area contributed by atoms with E-state index >= 15 is 0 Å². The molecule has 0 saturated carbocycles. The van der Waals surface area contributed by atoms with Gasteiger partial charge in [0.2, 0.25) is 0 Å². The average molecular weight is 234 g/mol. The van der Waals surface area contributed by atoms with E-state index < -0.39 is 0 Å². The zero-order valence-corrected chi connectivity index (χ0v) is 10.3. The zero-order chi connectivity index (χ0) is 12.3. The first-order valence-corrected chi connectivity index (χ1v) is 6.07. The predicted octanol–water partition coefficient (Wildman–Crippen LogP) is 1.66. The molecule has 4 nitrogen and oxygen atoms in total. The summed E-state index contributed by atoms with van der Waals surface area (Å²) in [5.41, 5.74) is 0.650. The topological polar surface area (TPSA) is 51.2 Å². The Kier molecular flexibility index (Phi) is 3.74. The van der Waals surface area contributed by atoms with E-state index in [1.807, 2.05) is 6.92 Å². The Morgan fingerprint density at radius 1 is 1.59 bits per heavy atom. The first-order valence-electron chi connectivity index (χ1n) is 6.07. The van der Waals surface area contributed by atoms with Crippen LogP contribution in [-0.4, -0.2) is 30.0 Å². The largest absolute Gasteiger partial charge is 0.492 e. The van der Waals surface area contributed by atoms with Gasteiger partial charge in [0.25, 0.3) is 0 Å². The van der Waals surface area contributed by atoms with Gasteiger partial charge in [-0.05, 0) is 32.9 Å². The van der Waals surface area contributed by atoms with Crippen LogP contribution in [0, 0.1) is 5.92 Å². The summed E-state index contributed by atoms with van der Waals surface area (Å²) in [4.78, 5) is 16.3. The summed E-state index contributed by atoms with van der Waals surface area (Å²) < 4.78 is 5.36. The van der Waals surface area contributed by atoms with Gasteiger partial charge in [-0.1, -0.05) is 0 Å². The Morgan fingerprint density at radius 3 is 3.06 bits per heavy atom. The van der Waals surface area contributed by atoms with Gasteiger partial charge >= 0.3 is 0 Å². The minimum atomic E-state index is 0.0636. The van der Waals surface area contributed by atoms with Crippen LogP contribution in [0.5, 0.6) is 5.75 Å². The van der Waals surface area contributed by atoms with Crippen molar-refractivity contribution >= 4 is 5.78 Å². The van der Waals surface area contributed by atoms with E-state index in [2.05, 4.69) is 17.2 Å². The van der Waals surface area contributed by atoms with Crippen LogP contribution in [0.3, 0.4) is 0 Å². The van der Waals surface area contributed by atoms with E-state index in [0.29, 0.717) is 17.9 Å². The van der Waals surface area contributed by atoms with Gasteiger partial charge in [-0.2, -0.15) is 0 Å². The van der Waals surface area contributed by atoms with Crippen LogP contribution >= 0.6 is 0 Å². The van der Waals surface area contributed by atoms with Crippen molar-refractivity contribution in [1.82, 2.24) is 10.3 Å². The summed E-state index contributed by atoms with van der Waals surface area (Å²) in [7, 11) is 0. The van der Waals surface area contributed by atoms with Crippen molar-refractivity contribution in [2.24, 2.45) is 5.92 Å². The van der Waals surface area contributed by atoms with Gasteiger partial charge in [0.1, 0.15) is 5.75 Å². The van der Waals surface area contributed by atoms with E-state index in [1.54, 1.807) is 18.5 Å². The van der Waals surface area contributed by atoms with Crippen molar-refractivity contribution in [2.45, 2.75) is 26.3 Å². The lowest BCUT2D eigenvalue weighted by atomic mass is 9.93. The Hall–Kier alpha value is -1.42. The highest BCUT2D eigenvalue weighted by atomic mass is 16.5. The molecule has 1 aliphatic heterocycles. The van der Waals surface area contributed by atoms with Crippen LogP contribution < -0.4 is 10.1 Å². The first-order chi connectivity index (χ1) is 8.22. The molecule has 1 fully saturated rings. The summed E-state index contributed by atoms with van der Waals surface area (Å²) in [6, 6.07) is 2.03. The molecule has 1 N–H and O–H groups in total. The number of carbonyl (C=O) groups excluding carboxylic acids is 1. The average Bonchev–Trinajstić information content (AvgIpc) is 2.75. The lowest BCUT2D eigenvalue weighted by Crippen LogP contribution is -2.28. The Labute approximate surface area is 101 Å². The number of ketones is 1. The molecule has 0 radical (unpaired) electrons. The summed E-state index contributed by atoms with van der Waals surface area (Å²) in [5.74, 6) is 0.891. The third-order valence-electron chi connectivity index (χ3n) is 3.17. The van der Waals surface area contributed by atoms with Gasteiger partial charge in [0.05, 0.1) is 12.8 Å². The molecule has 2 heterocycles. The molecular formula is C13H18N2O2. The number of hydrogen-bond donors (Lipinski definition) is 1. The second-order valence-electron chi connectivity index (χ2n) is 4.34. The number of Topliss-reactive ketones (excluding diaryl/α,β-unsaturated/α-hetero) is 1. The minimum absolute atomic E-state index is 0.0636. The fourth-order valence-corrected chi connectivity index (χ4v) is 2.23. The maximum Gasteiger partial charge on any atom is 0.169 e. The van der Waals surface area contributed by atoms with E-state index in [-0.39, 0.29) is 17.7 Å². The van der Waals surface area contributed by atoms with Crippen molar-refractivity contribution in [3.63, 3.8) is 0 Å².